The maximum atomic E-state index is 12.3. The molecule has 0 saturated heterocycles. The van der Waals surface area contributed by atoms with Crippen LogP contribution in [0.3, 0.4) is 0 Å². The molecule has 2 aromatic heterocycles. The van der Waals surface area contributed by atoms with Gasteiger partial charge in [0.05, 0.1) is 10.1 Å². The number of hydrogen-bond acceptors (Lipinski definition) is 7. The molecular weight excluding hydrogens is 388 g/mol. The summed E-state index contributed by atoms with van der Waals surface area (Å²) in [5, 5.41) is 16.3. The van der Waals surface area contributed by atoms with Gasteiger partial charge in [0.2, 0.25) is 11.0 Å². The van der Waals surface area contributed by atoms with E-state index in [-0.39, 0.29) is 17.1 Å². The zero-order chi connectivity index (χ0) is 18.5. The normalized spacial score (nSPS) is 11.8. The molecule has 0 radical (unpaired) electrons. The van der Waals surface area contributed by atoms with Crippen LogP contribution in [0.2, 0.25) is 0 Å². The van der Waals surface area contributed by atoms with Crippen LogP contribution in [0.5, 0.6) is 0 Å². The van der Waals surface area contributed by atoms with Gasteiger partial charge in [-0.3, -0.25) is 14.9 Å². The van der Waals surface area contributed by atoms with Gasteiger partial charge < -0.3 is 5.32 Å². The van der Waals surface area contributed by atoms with Gasteiger partial charge in [-0.2, -0.15) is 0 Å². The van der Waals surface area contributed by atoms with Crippen molar-refractivity contribution in [1.29, 1.82) is 0 Å². The molecule has 3 aromatic rings. The van der Waals surface area contributed by atoms with Crippen molar-refractivity contribution in [2.24, 2.45) is 0 Å². The largest absolute Gasteiger partial charge is 0.321 e. The molecule has 134 valence electrons. The van der Waals surface area contributed by atoms with Crippen LogP contribution in [-0.2, 0) is 4.79 Å². The second-order valence-corrected chi connectivity index (χ2v) is 8.88. The first-order valence-electron chi connectivity index (χ1n) is 7.74. The van der Waals surface area contributed by atoms with Gasteiger partial charge in [-0.25, -0.2) is 0 Å². The number of benzene rings is 1. The van der Waals surface area contributed by atoms with Gasteiger partial charge in [0.1, 0.15) is 5.01 Å². The Hall–Kier alpha value is -2.23. The van der Waals surface area contributed by atoms with E-state index in [2.05, 4.69) is 20.8 Å². The Kier molecular flexibility index (Phi) is 6.02. The summed E-state index contributed by atoms with van der Waals surface area (Å²) in [7, 11) is 0. The lowest BCUT2D eigenvalue weighted by molar-refractivity contribution is -0.115. The number of nitrogens with one attached hydrogen (secondary N) is 2. The first kappa shape index (κ1) is 18.6. The highest BCUT2D eigenvalue weighted by molar-refractivity contribution is 8.00. The zero-order valence-corrected chi connectivity index (χ0v) is 16.5. The maximum Gasteiger partial charge on any atom is 0.265 e. The number of thioether (sulfide) groups is 1. The van der Waals surface area contributed by atoms with E-state index in [4.69, 9.17) is 0 Å². The maximum absolute atomic E-state index is 12.3. The average molecular weight is 405 g/mol. The molecule has 3 rings (SSSR count). The minimum atomic E-state index is -0.317. The molecule has 9 heteroatoms. The quantitative estimate of drug-likeness (QED) is 0.599. The molecule has 0 saturated carbocycles. The van der Waals surface area contributed by atoms with Crippen LogP contribution < -0.4 is 10.6 Å². The predicted molar refractivity (Wildman–Crippen MR) is 107 cm³/mol. The van der Waals surface area contributed by atoms with Gasteiger partial charge in [-0.05, 0) is 43.5 Å². The van der Waals surface area contributed by atoms with Crippen LogP contribution in [0, 0.1) is 6.92 Å². The van der Waals surface area contributed by atoms with E-state index in [9.17, 15) is 9.59 Å². The summed E-state index contributed by atoms with van der Waals surface area (Å²) < 4.78 is 0. The SMILES string of the molecule is Cc1nnc(NC(=O)C(C)Sc2cccc(NC(=O)c3cccs3)c2)s1. The molecule has 2 heterocycles. The first-order chi connectivity index (χ1) is 12.5. The highest BCUT2D eigenvalue weighted by Gasteiger charge is 2.16. The number of carbonyl (C=O) groups excluding carboxylic acids is 2. The Morgan fingerprint density at radius 3 is 2.69 bits per heavy atom. The molecule has 2 amide bonds. The average Bonchev–Trinajstić information content (AvgIpc) is 3.27. The molecule has 0 fully saturated rings. The van der Waals surface area contributed by atoms with Gasteiger partial charge in [-0.15, -0.1) is 33.3 Å². The van der Waals surface area contributed by atoms with Crippen molar-refractivity contribution in [2.75, 3.05) is 10.6 Å². The van der Waals surface area contributed by atoms with Crippen molar-refractivity contribution in [2.45, 2.75) is 24.0 Å². The highest BCUT2D eigenvalue weighted by atomic mass is 32.2. The van der Waals surface area contributed by atoms with Crippen molar-refractivity contribution in [1.82, 2.24) is 10.2 Å². The molecule has 26 heavy (non-hydrogen) atoms. The van der Waals surface area contributed by atoms with E-state index < -0.39 is 0 Å². The third kappa shape index (κ3) is 4.90. The minimum Gasteiger partial charge on any atom is -0.321 e. The molecule has 0 aliphatic rings. The van der Waals surface area contributed by atoms with Gasteiger partial charge in [0.15, 0.2) is 0 Å². The number of rotatable bonds is 6. The molecule has 0 aliphatic carbocycles. The van der Waals surface area contributed by atoms with Crippen molar-refractivity contribution < 1.29 is 9.59 Å². The van der Waals surface area contributed by atoms with Gasteiger partial charge in [0, 0.05) is 10.6 Å². The Labute approximate surface area is 163 Å². The molecule has 1 atom stereocenters. The Balaban J connectivity index is 1.60. The number of aryl methyl sites for hydroxylation is 1. The van der Waals surface area contributed by atoms with Gasteiger partial charge in [-0.1, -0.05) is 23.5 Å². The van der Waals surface area contributed by atoms with E-state index in [0.717, 1.165) is 9.90 Å². The lowest BCUT2D eigenvalue weighted by Gasteiger charge is -2.11. The van der Waals surface area contributed by atoms with Crippen LogP contribution in [-0.4, -0.2) is 27.3 Å². The van der Waals surface area contributed by atoms with Gasteiger partial charge >= 0.3 is 0 Å². The number of thiophene rings is 1. The number of carbonyl (C=O) groups is 2. The number of anilines is 2. The number of aromatic nitrogens is 2. The van der Waals surface area contributed by atoms with Crippen LogP contribution in [0.15, 0.2) is 46.7 Å². The summed E-state index contributed by atoms with van der Waals surface area (Å²) in [5.41, 5.74) is 0.695. The van der Waals surface area contributed by atoms with Crippen molar-refractivity contribution in [3.8, 4) is 0 Å². The summed E-state index contributed by atoms with van der Waals surface area (Å²) >= 11 is 4.14. The lowest BCUT2D eigenvalue weighted by Crippen LogP contribution is -2.22. The Bertz CT molecular complexity index is 908. The third-order valence-corrected chi connectivity index (χ3v) is 5.99. The second-order valence-electron chi connectivity index (χ2n) is 5.33. The van der Waals surface area contributed by atoms with Crippen LogP contribution in [0.1, 0.15) is 21.6 Å². The number of amides is 2. The first-order valence-corrected chi connectivity index (χ1v) is 10.3. The van der Waals surface area contributed by atoms with E-state index >= 15 is 0 Å². The van der Waals surface area contributed by atoms with Crippen LogP contribution >= 0.6 is 34.4 Å². The summed E-state index contributed by atoms with van der Waals surface area (Å²) in [6.45, 7) is 3.66. The van der Waals surface area contributed by atoms with Crippen LogP contribution in [0.25, 0.3) is 0 Å². The molecule has 6 nitrogen and oxygen atoms in total. The third-order valence-electron chi connectivity index (χ3n) is 3.28. The lowest BCUT2D eigenvalue weighted by atomic mass is 10.3. The fourth-order valence-corrected chi connectivity index (χ4v) is 4.20. The fraction of sp³-hybridized carbons (Fsp3) is 0.176. The van der Waals surface area contributed by atoms with E-state index in [1.54, 1.807) is 6.07 Å². The van der Waals surface area contributed by atoms with Crippen LogP contribution in [0.4, 0.5) is 10.8 Å². The topological polar surface area (TPSA) is 84.0 Å². The number of nitrogens with zero attached hydrogens (tertiary/aromatic N) is 2. The monoisotopic (exact) mass is 404 g/mol. The van der Waals surface area contributed by atoms with E-state index in [1.165, 1.54) is 34.4 Å². The summed E-state index contributed by atoms with van der Waals surface area (Å²) in [6.07, 6.45) is 0. The standard InChI is InChI=1S/C17H16N4O2S3/c1-10(15(22)19-17-21-20-11(2)26-17)25-13-6-3-5-12(9-13)18-16(23)14-7-4-8-24-14/h3-10H,1-2H3,(H,18,23)(H,19,21,22). The second kappa shape index (κ2) is 8.43. The fourth-order valence-electron chi connectivity index (χ4n) is 2.06. The Morgan fingerprint density at radius 1 is 1.15 bits per heavy atom. The highest BCUT2D eigenvalue weighted by Crippen LogP contribution is 2.27. The minimum absolute atomic E-state index is 0.139. The summed E-state index contributed by atoms with van der Waals surface area (Å²) in [6, 6.07) is 11.1. The predicted octanol–water partition coefficient (Wildman–Crippen LogP) is 4.28. The van der Waals surface area contributed by atoms with E-state index in [0.29, 0.717) is 15.7 Å². The van der Waals surface area contributed by atoms with Crippen molar-refractivity contribution in [3.63, 3.8) is 0 Å². The summed E-state index contributed by atoms with van der Waals surface area (Å²) in [5.74, 6) is -0.279. The molecular formula is C17H16N4O2S3. The molecule has 0 bridgehead atoms. The molecule has 1 aromatic carbocycles. The smallest absolute Gasteiger partial charge is 0.265 e. The van der Waals surface area contributed by atoms with Gasteiger partial charge in [0.25, 0.3) is 5.91 Å². The molecule has 0 spiro atoms. The molecule has 0 aliphatic heterocycles. The number of hydrogen-bond donors (Lipinski definition) is 2. The molecule has 1 unspecified atom stereocenters. The zero-order valence-electron chi connectivity index (χ0n) is 14.1. The Morgan fingerprint density at radius 2 is 2.00 bits per heavy atom. The molecule has 2 N–H and O–H groups in total. The van der Waals surface area contributed by atoms with Crippen molar-refractivity contribution in [3.05, 3.63) is 51.7 Å². The summed E-state index contributed by atoms with van der Waals surface area (Å²) in [4.78, 5) is 26.0. The van der Waals surface area contributed by atoms with E-state index in [1.807, 2.05) is 49.6 Å². The van der Waals surface area contributed by atoms with Crippen molar-refractivity contribution >= 4 is 57.1 Å².